The van der Waals surface area contributed by atoms with Gasteiger partial charge in [0.1, 0.15) is 11.8 Å². The molecule has 4 nitrogen and oxygen atoms in total. The van der Waals surface area contributed by atoms with Gasteiger partial charge in [0.2, 0.25) is 0 Å². The van der Waals surface area contributed by atoms with Gasteiger partial charge in [0, 0.05) is 21.0 Å². The third-order valence-corrected chi connectivity index (χ3v) is 7.32. The molecule has 1 amide bonds. The van der Waals surface area contributed by atoms with E-state index in [9.17, 15) is 14.7 Å². The Kier molecular flexibility index (Phi) is 5.43. The number of amides is 1. The zero-order valence-electron chi connectivity index (χ0n) is 15.7. The molecule has 2 aliphatic rings. The van der Waals surface area contributed by atoms with E-state index in [1.54, 1.807) is 17.0 Å². The number of benzene rings is 1. The molecule has 1 aromatic carbocycles. The van der Waals surface area contributed by atoms with E-state index in [1.165, 1.54) is 17.8 Å². The minimum atomic E-state index is -0.580. The lowest BCUT2D eigenvalue weighted by atomic mass is 9.92. The van der Waals surface area contributed by atoms with Gasteiger partial charge in [-0.05, 0) is 48.9 Å². The van der Waals surface area contributed by atoms with E-state index in [1.807, 2.05) is 30.5 Å². The highest BCUT2D eigenvalue weighted by Crippen LogP contribution is 2.45. The average molecular weight is 460 g/mol. The lowest BCUT2D eigenvalue weighted by molar-refractivity contribution is -0.141. The zero-order chi connectivity index (χ0) is 19.8. The number of aryl methyl sites for hydroxylation is 1. The largest absolute Gasteiger partial charge is 0.507 e. The standard InChI is InChI=1S/C22H22BrNO3S/c1-13-11-12-28-21(13)18-17(19(25)14-7-9-15(23)10-8-14)20(26)22(27)24(18)16-5-3-2-4-6-16/h7-12,16,18,25H,2-6H2,1H3/b19-17-. The van der Waals surface area contributed by atoms with E-state index in [0.29, 0.717) is 5.56 Å². The summed E-state index contributed by atoms with van der Waals surface area (Å²) in [6, 6.07) is 8.69. The summed E-state index contributed by atoms with van der Waals surface area (Å²) in [4.78, 5) is 28.8. The number of halogens is 1. The summed E-state index contributed by atoms with van der Waals surface area (Å²) in [6.45, 7) is 1.99. The molecule has 0 spiro atoms. The number of nitrogens with zero attached hydrogens (tertiary/aromatic N) is 1. The Hall–Kier alpha value is -1.92. The number of carbonyl (C=O) groups excluding carboxylic acids is 2. The minimum absolute atomic E-state index is 0.0481. The van der Waals surface area contributed by atoms with Crippen LogP contribution in [-0.2, 0) is 9.59 Å². The second kappa shape index (κ2) is 7.84. The number of Topliss-reactive ketones (excluding diaryl/α,β-unsaturated/α-hetero) is 1. The Balaban J connectivity index is 1.87. The van der Waals surface area contributed by atoms with Crippen molar-refractivity contribution < 1.29 is 14.7 Å². The molecule has 6 heteroatoms. The predicted octanol–water partition coefficient (Wildman–Crippen LogP) is 5.57. The second-order valence-corrected chi connectivity index (χ2v) is 9.34. The maximum atomic E-state index is 13.1. The fraction of sp³-hybridized carbons (Fsp3) is 0.364. The second-order valence-electron chi connectivity index (χ2n) is 7.47. The molecule has 4 rings (SSSR count). The van der Waals surface area contributed by atoms with Crippen molar-refractivity contribution in [2.75, 3.05) is 0 Å². The van der Waals surface area contributed by atoms with Crippen LogP contribution >= 0.6 is 27.3 Å². The van der Waals surface area contributed by atoms with Crippen molar-refractivity contribution in [2.45, 2.75) is 51.1 Å². The molecule has 28 heavy (non-hydrogen) atoms. The number of aliphatic hydroxyl groups excluding tert-OH is 1. The van der Waals surface area contributed by atoms with Gasteiger partial charge in [-0.2, -0.15) is 0 Å². The van der Waals surface area contributed by atoms with Gasteiger partial charge in [-0.1, -0.05) is 47.3 Å². The molecule has 1 aliphatic heterocycles. The van der Waals surface area contributed by atoms with Crippen molar-refractivity contribution in [3.8, 4) is 0 Å². The molecular weight excluding hydrogens is 438 g/mol. The van der Waals surface area contributed by atoms with E-state index < -0.39 is 17.7 Å². The summed E-state index contributed by atoms with van der Waals surface area (Å²) in [5, 5.41) is 13.0. The van der Waals surface area contributed by atoms with Crippen molar-refractivity contribution in [1.82, 2.24) is 4.90 Å². The molecule has 1 atom stereocenters. The molecule has 0 radical (unpaired) electrons. The fourth-order valence-corrected chi connectivity index (χ4v) is 5.57. The summed E-state index contributed by atoms with van der Waals surface area (Å²) >= 11 is 4.93. The molecule has 2 aromatic rings. The zero-order valence-corrected chi connectivity index (χ0v) is 18.1. The first-order valence-electron chi connectivity index (χ1n) is 9.59. The number of rotatable bonds is 3. The highest BCUT2D eigenvalue weighted by atomic mass is 79.9. The number of thiophene rings is 1. The van der Waals surface area contributed by atoms with E-state index in [4.69, 9.17) is 0 Å². The van der Waals surface area contributed by atoms with Gasteiger partial charge < -0.3 is 10.0 Å². The van der Waals surface area contributed by atoms with E-state index in [0.717, 1.165) is 40.6 Å². The Morgan fingerprint density at radius 3 is 2.39 bits per heavy atom. The maximum Gasteiger partial charge on any atom is 0.295 e. The highest BCUT2D eigenvalue weighted by molar-refractivity contribution is 9.10. The average Bonchev–Trinajstić information content (AvgIpc) is 3.23. The SMILES string of the molecule is Cc1ccsc1C1/C(=C(/O)c2ccc(Br)cc2)C(=O)C(=O)N1C1CCCCC1. The van der Waals surface area contributed by atoms with E-state index in [2.05, 4.69) is 15.9 Å². The first-order chi connectivity index (χ1) is 13.5. The van der Waals surface area contributed by atoms with E-state index >= 15 is 0 Å². The van der Waals surface area contributed by atoms with Gasteiger partial charge in [0.05, 0.1) is 5.57 Å². The fourth-order valence-electron chi connectivity index (χ4n) is 4.27. The number of likely N-dealkylation sites (tertiary alicyclic amines) is 1. The lowest BCUT2D eigenvalue weighted by Gasteiger charge is -2.35. The van der Waals surface area contributed by atoms with Crippen molar-refractivity contribution in [2.24, 2.45) is 0 Å². The first kappa shape index (κ1) is 19.4. The molecule has 146 valence electrons. The summed E-state index contributed by atoms with van der Waals surface area (Å²) in [5.74, 6) is -1.16. The van der Waals surface area contributed by atoms with Crippen molar-refractivity contribution in [3.63, 3.8) is 0 Å². The van der Waals surface area contributed by atoms with Crippen LogP contribution in [0, 0.1) is 6.92 Å². The number of carbonyl (C=O) groups is 2. The molecule has 1 N–H and O–H groups in total. The highest BCUT2D eigenvalue weighted by Gasteiger charge is 2.49. The molecule has 0 bridgehead atoms. The van der Waals surface area contributed by atoms with Crippen molar-refractivity contribution >= 4 is 44.7 Å². The molecule has 2 fully saturated rings. The van der Waals surface area contributed by atoms with Crippen LogP contribution in [0.2, 0.25) is 0 Å². The Morgan fingerprint density at radius 1 is 1.11 bits per heavy atom. The van der Waals surface area contributed by atoms with Crippen LogP contribution in [0.4, 0.5) is 0 Å². The Bertz CT molecular complexity index is 941. The minimum Gasteiger partial charge on any atom is -0.507 e. The van der Waals surface area contributed by atoms with Crippen LogP contribution < -0.4 is 0 Å². The first-order valence-corrected chi connectivity index (χ1v) is 11.3. The van der Waals surface area contributed by atoms with Crippen LogP contribution in [0.3, 0.4) is 0 Å². The summed E-state index contributed by atoms with van der Waals surface area (Å²) in [5.41, 5.74) is 1.80. The van der Waals surface area contributed by atoms with Crippen LogP contribution in [0.25, 0.3) is 5.76 Å². The van der Waals surface area contributed by atoms with Gasteiger partial charge in [-0.15, -0.1) is 11.3 Å². The quantitative estimate of drug-likeness (QED) is 0.370. The van der Waals surface area contributed by atoms with Gasteiger partial charge >= 0.3 is 0 Å². The third kappa shape index (κ3) is 3.33. The topological polar surface area (TPSA) is 57.6 Å². The number of hydrogen-bond acceptors (Lipinski definition) is 4. The predicted molar refractivity (Wildman–Crippen MR) is 114 cm³/mol. The number of aliphatic hydroxyl groups is 1. The molecule has 1 aliphatic carbocycles. The third-order valence-electron chi connectivity index (χ3n) is 5.72. The molecule has 1 unspecified atom stereocenters. The molecule has 1 saturated heterocycles. The van der Waals surface area contributed by atoms with Crippen LogP contribution in [0.15, 0.2) is 45.8 Å². The van der Waals surface area contributed by atoms with Crippen LogP contribution in [0.5, 0.6) is 0 Å². The molecular formula is C22H22BrNO3S. The smallest absolute Gasteiger partial charge is 0.295 e. The molecule has 1 saturated carbocycles. The van der Waals surface area contributed by atoms with E-state index in [-0.39, 0.29) is 17.4 Å². The summed E-state index contributed by atoms with van der Waals surface area (Å²) < 4.78 is 0.886. The maximum absolute atomic E-state index is 13.1. The van der Waals surface area contributed by atoms with Gasteiger partial charge in [-0.25, -0.2) is 0 Å². The van der Waals surface area contributed by atoms with Gasteiger partial charge in [0.25, 0.3) is 11.7 Å². The van der Waals surface area contributed by atoms with Gasteiger partial charge in [0.15, 0.2) is 0 Å². The Labute approximate surface area is 177 Å². The van der Waals surface area contributed by atoms with Gasteiger partial charge in [-0.3, -0.25) is 9.59 Å². The summed E-state index contributed by atoms with van der Waals surface area (Å²) in [6.07, 6.45) is 5.12. The normalized spacial score (nSPS) is 22.8. The molecule has 1 aromatic heterocycles. The summed E-state index contributed by atoms with van der Waals surface area (Å²) in [7, 11) is 0. The van der Waals surface area contributed by atoms with Crippen molar-refractivity contribution in [3.05, 3.63) is 61.8 Å². The Morgan fingerprint density at radius 2 is 1.79 bits per heavy atom. The lowest BCUT2D eigenvalue weighted by Crippen LogP contribution is -2.40. The van der Waals surface area contributed by atoms with Crippen molar-refractivity contribution in [1.29, 1.82) is 0 Å². The monoisotopic (exact) mass is 459 g/mol. The number of ketones is 1. The number of hydrogen-bond donors (Lipinski definition) is 1. The van der Waals surface area contributed by atoms with Crippen LogP contribution in [-0.4, -0.2) is 27.7 Å². The molecule has 2 heterocycles. The van der Waals surface area contributed by atoms with Crippen LogP contribution in [0.1, 0.15) is 54.1 Å².